The van der Waals surface area contributed by atoms with Crippen LogP contribution in [0.1, 0.15) is 194 Å². The van der Waals surface area contributed by atoms with Crippen molar-refractivity contribution < 1.29 is 24.9 Å². The molecule has 5 rings (SSSR count). The molecule has 0 aliphatic carbocycles. The maximum Gasteiger partial charge on any atom is 0.354 e. The van der Waals surface area contributed by atoms with Gasteiger partial charge in [-0.15, -0.1) is 12.6 Å². The van der Waals surface area contributed by atoms with Gasteiger partial charge in [0.25, 0.3) is 0 Å². The molecule has 2 aromatic heterocycles. The van der Waals surface area contributed by atoms with E-state index in [0.29, 0.717) is 11.3 Å². The first-order valence-corrected chi connectivity index (χ1v) is 25.3. The molecule has 0 amide bonds. The zero-order valence-corrected chi connectivity index (χ0v) is 49.1. The van der Waals surface area contributed by atoms with E-state index in [9.17, 15) is 9.59 Å². The summed E-state index contributed by atoms with van der Waals surface area (Å²) >= 11 is 4.08. The largest absolute Gasteiger partial charge is 0.508 e. The first-order chi connectivity index (χ1) is 32.1. The molecule has 2 heterocycles. The van der Waals surface area contributed by atoms with Gasteiger partial charge in [0, 0.05) is 23.5 Å². The van der Waals surface area contributed by atoms with Crippen LogP contribution in [0.5, 0.6) is 5.75 Å². The van der Waals surface area contributed by atoms with Crippen LogP contribution in [0.25, 0.3) is 0 Å². The van der Waals surface area contributed by atoms with Crippen molar-refractivity contribution in [3.8, 4) is 5.75 Å². The van der Waals surface area contributed by atoms with Crippen LogP contribution in [0.3, 0.4) is 0 Å². The predicted octanol–water partition coefficient (Wildman–Crippen LogP) is 20.1. The second-order valence-electron chi connectivity index (χ2n) is 15.5. The van der Waals surface area contributed by atoms with Crippen molar-refractivity contribution in [2.45, 2.75) is 178 Å². The number of aromatic hydroxyl groups is 1. The maximum atomic E-state index is 10.2. The third kappa shape index (κ3) is 131. The number of phenols is 1. The standard InChI is InChI=1S/C7H6O2.C6H5NO2.C6H6O.C6H6S.C5H5N.5C4H10.5C2H6/c8-7(9)6-4-2-1-3-5-6;8-6(9)5-3-1-2-4-7-5;2*7-6-4-2-1-3-5-6;1-2-4-6-5-3-1;5*1-4(2)3;5*1-2/h1-5H,(H,8,9);1-4H,(H,8,9);2*1-5,7H;1-5H;5*4H,1-3H3;5*1-2H3. The third-order valence-corrected chi connectivity index (χ3v) is 4.28. The number of carboxylic acids is 2. The summed E-state index contributed by atoms with van der Waals surface area (Å²) in [6, 6.07) is 37.3. The number of phenolic OH excluding ortho intramolecular Hbond substituents is 1. The molecule has 3 aromatic carbocycles. The smallest absolute Gasteiger partial charge is 0.354 e. The molecular formula is C60H108N2O5S. The number of nitrogens with zero attached hydrogens (tertiary/aromatic N) is 2. The number of rotatable bonds is 2. The van der Waals surface area contributed by atoms with Crippen molar-refractivity contribution in [3.63, 3.8) is 0 Å². The summed E-state index contributed by atoms with van der Waals surface area (Å²) in [5.74, 6) is 2.62. The van der Waals surface area contributed by atoms with Crippen molar-refractivity contribution >= 4 is 24.6 Å². The minimum Gasteiger partial charge on any atom is -0.508 e. The average molecular weight is 970 g/mol. The minimum atomic E-state index is -0.990. The second-order valence-corrected chi connectivity index (χ2v) is 16.1. The van der Waals surface area contributed by atoms with Crippen LogP contribution < -0.4 is 0 Å². The lowest BCUT2D eigenvalue weighted by molar-refractivity contribution is 0.0682. The highest BCUT2D eigenvalue weighted by Gasteiger charge is 1.99. The van der Waals surface area contributed by atoms with Crippen LogP contribution in [0.15, 0.2) is 151 Å². The number of para-hydroxylation sites is 1. The molecule has 0 aliphatic heterocycles. The molecule has 0 atom stereocenters. The Kier molecular flexibility index (Phi) is 100. The first kappa shape index (κ1) is 86.3. The summed E-state index contributed by atoms with van der Waals surface area (Å²) in [5, 5.41) is 25.3. The van der Waals surface area contributed by atoms with Gasteiger partial charge >= 0.3 is 11.9 Å². The quantitative estimate of drug-likeness (QED) is 0.130. The van der Waals surface area contributed by atoms with E-state index in [4.69, 9.17) is 15.3 Å². The van der Waals surface area contributed by atoms with Crippen molar-refractivity contribution in [2.75, 3.05) is 0 Å². The third-order valence-electron chi connectivity index (χ3n) is 3.98. The fourth-order valence-corrected chi connectivity index (χ4v) is 2.41. The molecule has 8 heteroatoms. The molecule has 0 spiro atoms. The number of hydrogen-bond donors (Lipinski definition) is 4. The summed E-state index contributed by atoms with van der Waals surface area (Å²) in [6.45, 7) is 52.5. The van der Waals surface area contributed by atoms with Gasteiger partial charge in [0.05, 0.1) is 5.56 Å². The van der Waals surface area contributed by atoms with Gasteiger partial charge in [-0.1, -0.05) is 240 Å². The Balaban J connectivity index is -0.0000000683. The van der Waals surface area contributed by atoms with Gasteiger partial charge in [-0.2, -0.15) is 0 Å². The van der Waals surface area contributed by atoms with Crippen LogP contribution in [0.4, 0.5) is 0 Å². The van der Waals surface area contributed by atoms with E-state index in [2.05, 4.69) is 126 Å². The number of aromatic nitrogens is 2. The van der Waals surface area contributed by atoms with E-state index in [-0.39, 0.29) is 5.69 Å². The van der Waals surface area contributed by atoms with Gasteiger partial charge in [0.1, 0.15) is 11.4 Å². The molecule has 0 unspecified atom stereocenters. The highest BCUT2D eigenvalue weighted by Crippen LogP contribution is 2.03. The van der Waals surface area contributed by atoms with Gasteiger partial charge in [0.15, 0.2) is 0 Å². The van der Waals surface area contributed by atoms with Crippen LogP contribution in [0.2, 0.25) is 0 Å². The highest BCUT2D eigenvalue weighted by atomic mass is 32.1. The number of aromatic carboxylic acids is 2. The lowest BCUT2D eigenvalue weighted by Gasteiger charge is -1.88. The van der Waals surface area contributed by atoms with Crippen LogP contribution in [-0.4, -0.2) is 37.2 Å². The lowest BCUT2D eigenvalue weighted by atomic mass is 10.2. The second kappa shape index (κ2) is 79.2. The summed E-state index contributed by atoms with van der Waals surface area (Å²) < 4.78 is 0. The number of benzene rings is 3. The molecule has 394 valence electrons. The summed E-state index contributed by atoms with van der Waals surface area (Å²) in [7, 11) is 0. The van der Waals surface area contributed by atoms with E-state index < -0.39 is 11.9 Å². The van der Waals surface area contributed by atoms with E-state index in [0.717, 1.165) is 34.5 Å². The number of hydrogen-bond acceptors (Lipinski definition) is 6. The molecule has 0 aliphatic rings. The molecule has 0 saturated heterocycles. The fraction of sp³-hybridized carbons (Fsp3) is 0.500. The van der Waals surface area contributed by atoms with Crippen LogP contribution in [-0.2, 0) is 0 Å². The van der Waals surface area contributed by atoms with Crippen LogP contribution in [0, 0.1) is 29.6 Å². The number of thiol groups is 1. The Morgan fingerprint density at radius 2 is 0.632 bits per heavy atom. The summed E-state index contributed by atoms with van der Waals surface area (Å²) in [6.07, 6.45) is 4.95. The Bertz CT molecular complexity index is 1340. The van der Waals surface area contributed by atoms with Gasteiger partial charge in [0.2, 0.25) is 0 Å². The van der Waals surface area contributed by atoms with Crippen molar-refractivity contribution in [1.82, 2.24) is 9.97 Å². The van der Waals surface area contributed by atoms with Crippen molar-refractivity contribution in [3.05, 3.63) is 157 Å². The molecule has 0 radical (unpaired) electrons. The fourth-order valence-electron chi connectivity index (χ4n) is 2.24. The average Bonchev–Trinajstić information content (AvgIpc) is 3.31. The molecule has 7 nitrogen and oxygen atoms in total. The SMILES string of the molecule is CC.CC.CC.CC.CC.CC(C)C.CC(C)C.CC(C)C.CC(C)C.CC(C)C.O=C(O)c1ccccc1.O=C(O)c1ccccn1.Oc1ccccc1.Sc1ccccc1.c1ccncc1. The van der Waals surface area contributed by atoms with E-state index in [1.165, 1.54) is 12.3 Å². The minimum absolute atomic E-state index is 0.0810. The Morgan fingerprint density at radius 1 is 0.382 bits per heavy atom. The zero-order chi connectivity index (χ0) is 55.7. The predicted molar refractivity (Wildman–Crippen MR) is 310 cm³/mol. The summed E-state index contributed by atoms with van der Waals surface area (Å²) in [5.41, 5.74) is 0.412. The molecular weight excluding hydrogens is 861 g/mol. The number of pyridine rings is 2. The molecule has 5 aromatic rings. The normalized spacial score (nSPS) is 7.93. The monoisotopic (exact) mass is 969 g/mol. The summed E-state index contributed by atoms with van der Waals surface area (Å²) in [4.78, 5) is 28.7. The number of carboxylic acid groups (broad SMARTS) is 2. The van der Waals surface area contributed by atoms with E-state index >= 15 is 0 Å². The number of carbonyl (C=O) groups is 2. The van der Waals surface area contributed by atoms with E-state index in [1.54, 1.807) is 79.1 Å². The van der Waals surface area contributed by atoms with Gasteiger partial charge in [-0.3, -0.25) is 4.98 Å². The Labute approximate surface area is 428 Å². The van der Waals surface area contributed by atoms with Crippen LogP contribution >= 0.6 is 12.6 Å². The molecule has 0 bridgehead atoms. The Hall–Kier alpha value is -4.95. The molecule has 68 heavy (non-hydrogen) atoms. The van der Waals surface area contributed by atoms with Crippen molar-refractivity contribution in [1.29, 1.82) is 0 Å². The highest BCUT2D eigenvalue weighted by molar-refractivity contribution is 7.80. The van der Waals surface area contributed by atoms with Gasteiger partial charge in [-0.25, -0.2) is 14.6 Å². The van der Waals surface area contributed by atoms with Gasteiger partial charge in [-0.05, 0) is 90.3 Å². The first-order valence-electron chi connectivity index (χ1n) is 24.8. The maximum absolute atomic E-state index is 10.2. The lowest BCUT2D eigenvalue weighted by Crippen LogP contribution is -1.97. The zero-order valence-electron chi connectivity index (χ0n) is 48.2. The molecule has 3 N–H and O–H groups in total. The van der Waals surface area contributed by atoms with E-state index in [1.807, 2.05) is 124 Å². The topological polar surface area (TPSA) is 121 Å². The Morgan fingerprint density at radius 3 is 0.765 bits per heavy atom. The van der Waals surface area contributed by atoms with Gasteiger partial charge < -0.3 is 15.3 Å². The molecule has 0 fully saturated rings. The van der Waals surface area contributed by atoms with Crippen molar-refractivity contribution in [2.24, 2.45) is 29.6 Å². The molecule has 0 saturated carbocycles.